The molecule has 0 amide bonds. The second-order valence-corrected chi connectivity index (χ2v) is 3.14. The fourth-order valence-corrected chi connectivity index (χ4v) is 1.35. The number of aromatic nitrogens is 1. The first kappa shape index (κ1) is 11.1. The average molecular weight is 237 g/mol. The standard InChI is InChI=1S/C11H8FNO4/c1-16-9-8(17-10(13-9)11(14)15)6-4-2-3-5-7(6)12/h2-5H,1H3,(H,14,15). The molecule has 1 aromatic carbocycles. The predicted molar refractivity (Wildman–Crippen MR) is 55.4 cm³/mol. The molecule has 0 spiro atoms. The summed E-state index contributed by atoms with van der Waals surface area (Å²) < 4.78 is 23.3. The number of methoxy groups -OCH3 is 1. The van der Waals surface area contributed by atoms with Crippen molar-refractivity contribution in [2.75, 3.05) is 7.11 Å². The fraction of sp³-hybridized carbons (Fsp3) is 0.0909. The van der Waals surface area contributed by atoms with Crippen LogP contribution in [-0.4, -0.2) is 23.2 Å². The molecule has 0 bridgehead atoms. The summed E-state index contributed by atoms with van der Waals surface area (Å²) in [6, 6.07) is 5.79. The lowest BCUT2D eigenvalue weighted by Gasteiger charge is -2.00. The SMILES string of the molecule is COc1nc(C(=O)O)oc1-c1ccccc1F. The van der Waals surface area contributed by atoms with Crippen molar-refractivity contribution in [3.8, 4) is 17.2 Å². The summed E-state index contributed by atoms with van der Waals surface area (Å²) in [6.07, 6.45) is 0. The van der Waals surface area contributed by atoms with Crippen LogP contribution < -0.4 is 4.74 Å². The average Bonchev–Trinajstić information content (AvgIpc) is 2.73. The second-order valence-electron chi connectivity index (χ2n) is 3.14. The Balaban J connectivity index is 2.59. The Hall–Kier alpha value is -2.37. The third kappa shape index (κ3) is 1.96. The van der Waals surface area contributed by atoms with E-state index < -0.39 is 17.7 Å². The highest BCUT2D eigenvalue weighted by molar-refractivity contribution is 5.83. The molecule has 2 aromatic rings. The topological polar surface area (TPSA) is 72.6 Å². The molecule has 2 rings (SSSR count). The molecule has 0 saturated carbocycles. The number of aromatic carboxylic acids is 1. The van der Waals surface area contributed by atoms with Crippen molar-refractivity contribution in [2.24, 2.45) is 0 Å². The molecule has 0 radical (unpaired) electrons. The van der Waals surface area contributed by atoms with E-state index >= 15 is 0 Å². The van der Waals surface area contributed by atoms with Crippen molar-refractivity contribution >= 4 is 5.97 Å². The first-order valence-electron chi connectivity index (χ1n) is 4.66. The fourth-order valence-electron chi connectivity index (χ4n) is 1.35. The number of carboxylic acids is 1. The van der Waals surface area contributed by atoms with Gasteiger partial charge >= 0.3 is 11.9 Å². The number of hydrogen-bond donors (Lipinski definition) is 1. The van der Waals surface area contributed by atoms with E-state index in [0.717, 1.165) is 0 Å². The van der Waals surface area contributed by atoms with Gasteiger partial charge in [-0.3, -0.25) is 0 Å². The van der Waals surface area contributed by atoms with Crippen LogP contribution in [0, 0.1) is 5.82 Å². The van der Waals surface area contributed by atoms with E-state index in [0.29, 0.717) is 0 Å². The first-order chi connectivity index (χ1) is 8.13. The molecule has 1 aromatic heterocycles. The Morgan fingerprint density at radius 3 is 2.76 bits per heavy atom. The monoisotopic (exact) mass is 237 g/mol. The number of ether oxygens (including phenoxy) is 1. The third-order valence-electron chi connectivity index (χ3n) is 2.09. The maximum absolute atomic E-state index is 13.5. The normalized spacial score (nSPS) is 10.2. The quantitative estimate of drug-likeness (QED) is 0.885. The number of halogens is 1. The summed E-state index contributed by atoms with van der Waals surface area (Å²) in [4.78, 5) is 14.3. The van der Waals surface area contributed by atoms with E-state index in [9.17, 15) is 9.18 Å². The van der Waals surface area contributed by atoms with Crippen molar-refractivity contribution in [3.63, 3.8) is 0 Å². The number of carbonyl (C=O) groups is 1. The molecular weight excluding hydrogens is 229 g/mol. The van der Waals surface area contributed by atoms with Crippen LogP contribution in [0.25, 0.3) is 11.3 Å². The summed E-state index contributed by atoms with van der Waals surface area (Å²) in [5, 5.41) is 8.73. The van der Waals surface area contributed by atoms with E-state index in [4.69, 9.17) is 14.3 Å². The highest BCUT2D eigenvalue weighted by Gasteiger charge is 2.21. The molecule has 0 unspecified atom stereocenters. The van der Waals surface area contributed by atoms with Gasteiger partial charge in [0.1, 0.15) is 5.82 Å². The Morgan fingerprint density at radius 1 is 1.47 bits per heavy atom. The van der Waals surface area contributed by atoms with E-state index in [-0.39, 0.29) is 17.2 Å². The van der Waals surface area contributed by atoms with Crippen molar-refractivity contribution in [3.05, 3.63) is 36.0 Å². The minimum absolute atomic E-state index is 0.0389. The van der Waals surface area contributed by atoms with Crippen LogP contribution in [0.3, 0.4) is 0 Å². The lowest BCUT2D eigenvalue weighted by molar-refractivity contribution is 0.0654. The first-order valence-corrected chi connectivity index (χ1v) is 4.66. The van der Waals surface area contributed by atoms with Gasteiger partial charge in [-0.2, -0.15) is 4.98 Å². The van der Waals surface area contributed by atoms with Gasteiger partial charge in [-0.25, -0.2) is 9.18 Å². The summed E-state index contributed by atoms with van der Waals surface area (Å²) in [5.74, 6) is -2.53. The van der Waals surface area contributed by atoms with Crippen LogP contribution in [0.5, 0.6) is 5.88 Å². The molecule has 17 heavy (non-hydrogen) atoms. The van der Waals surface area contributed by atoms with E-state index in [1.165, 1.54) is 25.3 Å². The molecule has 88 valence electrons. The summed E-state index contributed by atoms with van der Waals surface area (Å²) in [7, 11) is 1.30. The molecule has 0 aliphatic heterocycles. The minimum atomic E-state index is -1.34. The Kier molecular flexibility index (Phi) is 2.78. The Bertz CT molecular complexity index is 564. The highest BCUT2D eigenvalue weighted by Crippen LogP contribution is 2.32. The summed E-state index contributed by atoms with van der Waals surface area (Å²) >= 11 is 0. The molecule has 0 fully saturated rings. The second kappa shape index (κ2) is 4.25. The van der Waals surface area contributed by atoms with Gasteiger partial charge in [-0.1, -0.05) is 12.1 Å². The van der Waals surface area contributed by atoms with Gasteiger partial charge in [0.05, 0.1) is 12.7 Å². The summed E-state index contributed by atoms with van der Waals surface area (Å²) in [5.41, 5.74) is 0.101. The van der Waals surface area contributed by atoms with E-state index in [1.54, 1.807) is 6.07 Å². The van der Waals surface area contributed by atoms with Gasteiger partial charge in [0.2, 0.25) is 5.76 Å². The predicted octanol–water partition coefficient (Wildman–Crippen LogP) is 2.19. The molecule has 0 aliphatic carbocycles. The molecule has 1 N–H and O–H groups in total. The number of rotatable bonds is 3. The molecule has 0 saturated heterocycles. The molecular formula is C11H8FNO4. The molecule has 5 nitrogen and oxygen atoms in total. The molecule has 1 heterocycles. The van der Waals surface area contributed by atoms with Crippen LogP contribution in [-0.2, 0) is 0 Å². The number of hydrogen-bond acceptors (Lipinski definition) is 4. The van der Waals surface area contributed by atoms with Gasteiger partial charge in [0.15, 0.2) is 0 Å². The molecule has 0 aliphatic rings. The van der Waals surface area contributed by atoms with Crippen LogP contribution in [0.1, 0.15) is 10.7 Å². The van der Waals surface area contributed by atoms with Crippen LogP contribution >= 0.6 is 0 Å². The van der Waals surface area contributed by atoms with Gasteiger partial charge in [0.25, 0.3) is 5.88 Å². The Labute approximate surface area is 95.5 Å². The molecule has 6 heteroatoms. The van der Waals surface area contributed by atoms with Gasteiger partial charge in [0, 0.05) is 0 Å². The van der Waals surface area contributed by atoms with Crippen LogP contribution in [0.2, 0.25) is 0 Å². The van der Waals surface area contributed by atoms with Crippen molar-refractivity contribution < 1.29 is 23.4 Å². The van der Waals surface area contributed by atoms with Gasteiger partial charge < -0.3 is 14.3 Å². The number of nitrogens with zero attached hydrogens (tertiary/aromatic N) is 1. The van der Waals surface area contributed by atoms with E-state index in [2.05, 4.69) is 4.98 Å². The zero-order valence-electron chi connectivity index (χ0n) is 8.81. The largest absolute Gasteiger partial charge is 0.478 e. The van der Waals surface area contributed by atoms with E-state index in [1.807, 2.05) is 0 Å². The van der Waals surface area contributed by atoms with Gasteiger partial charge in [-0.15, -0.1) is 0 Å². The Morgan fingerprint density at radius 2 is 2.18 bits per heavy atom. The minimum Gasteiger partial charge on any atom is -0.478 e. The van der Waals surface area contributed by atoms with Crippen molar-refractivity contribution in [2.45, 2.75) is 0 Å². The molecule has 0 atom stereocenters. The zero-order chi connectivity index (χ0) is 12.4. The lowest BCUT2D eigenvalue weighted by Crippen LogP contribution is -1.95. The smallest absolute Gasteiger partial charge is 0.392 e. The number of carboxylic acid groups (broad SMARTS) is 1. The van der Waals surface area contributed by atoms with Gasteiger partial charge in [-0.05, 0) is 12.1 Å². The van der Waals surface area contributed by atoms with Crippen molar-refractivity contribution in [1.29, 1.82) is 0 Å². The van der Waals surface area contributed by atoms with Crippen LogP contribution in [0.4, 0.5) is 4.39 Å². The summed E-state index contributed by atoms with van der Waals surface area (Å²) in [6.45, 7) is 0. The van der Waals surface area contributed by atoms with Crippen LogP contribution in [0.15, 0.2) is 28.7 Å². The van der Waals surface area contributed by atoms with Crippen molar-refractivity contribution in [1.82, 2.24) is 4.98 Å². The maximum atomic E-state index is 13.5. The number of benzene rings is 1. The number of oxazole rings is 1. The zero-order valence-corrected chi connectivity index (χ0v) is 8.81. The third-order valence-corrected chi connectivity index (χ3v) is 2.09. The highest BCUT2D eigenvalue weighted by atomic mass is 19.1. The lowest BCUT2D eigenvalue weighted by atomic mass is 10.2. The maximum Gasteiger partial charge on any atom is 0.392 e.